The SMILES string of the molecule is CC(=O)Oc1c[nH]c2nnc(Cl)cc12. The van der Waals surface area contributed by atoms with E-state index in [0.717, 1.165) is 0 Å². The Bertz CT molecular complexity index is 494. The average molecular weight is 212 g/mol. The Morgan fingerprint density at radius 3 is 3.07 bits per heavy atom. The van der Waals surface area contributed by atoms with E-state index in [1.165, 1.54) is 13.1 Å². The second kappa shape index (κ2) is 3.26. The van der Waals surface area contributed by atoms with Gasteiger partial charge in [0, 0.05) is 13.1 Å². The molecule has 2 aromatic rings. The number of esters is 1. The number of carbonyl (C=O) groups excluding carboxylic acids is 1. The molecule has 0 bridgehead atoms. The number of H-pyrrole nitrogens is 1. The maximum atomic E-state index is 10.7. The number of hydrogen-bond acceptors (Lipinski definition) is 4. The van der Waals surface area contributed by atoms with Crippen molar-refractivity contribution in [2.24, 2.45) is 0 Å². The first kappa shape index (κ1) is 8.96. The van der Waals surface area contributed by atoms with E-state index < -0.39 is 0 Å². The molecule has 0 spiro atoms. The molecule has 0 radical (unpaired) electrons. The molecular formula is C8H6ClN3O2. The van der Waals surface area contributed by atoms with Crippen molar-refractivity contribution in [1.29, 1.82) is 0 Å². The van der Waals surface area contributed by atoms with Crippen LogP contribution in [0.2, 0.25) is 5.15 Å². The van der Waals surface area contributed by atoms with E-state index >= 15 is 0 Å². The normalized spacial score (nSPS) is 10.4. The van der Waals surface area contributed by atoms with Crippen LogP contribution in [0.3, 0.4) is 0 Å². The zero-order valence-corrected chi connectivity index (χ0v) is 8.00. The molecule has 1 N–H and O–H groups in total. The molecule has 0 aliphatic heterocycles. The molecule has 0 aliphatic carbocycles. The molecule has 0 unspecified atom stereocenters. The minimum Gasteiger partial charge on any atom is -0.424 e. The minimum absolute atomic E-state index is 0.255. The summed E-state index contributed by atoms with van der Waals surface area (Å²) in [5.74, 6) is 0.0168. The summed E-state index contributed by atoms with van der Waals surface area (Å²) < 4.78 is 4.93. The summed E-state index contributed by atoms with van der Waals surface area (Å²) in [7, 11) is 0. The van der Waals surface area contributed by atoms with Gasteiger partial charge in [-0.3, -0.25) is 4.79 Å². The lowest BCUT2D eigenvalue weighted by atomic mass is 10.3. The summed E-state index contributed by atoms with van der Waals surface area (Å²) in [5.41, 5.74) is 0.533. The summed E-state index contributed by atoms with van der Waals surface area (Å²) in [5, 5.41) is 8.32. The van der Waals surface area contributed by atoms with Crippen LogP contribution in [0, 0.1) is 0 Å². The van der Waals surface area contributed by atoms with Gasteiger partial charge in [-0.25, -0.2) is 0 Å². The Hall–Kier alpha value is -1.62. The van der Waals surface area contributed by atoms with Crippen LogP contribution < -0.4 is 4.74 Å². The molecule has 72 valence electrons. The minimum atomic E-state index is -0.390. The van der Waals surface area contributed by atoms with Crippen molar-refractivity contribution in [2.75, 3.05) is 0 Å². The molecule has 0 fully saturated rings. The molecule has 5 nitrogen and oxygen atoms in total. The van der Waals surface area contributed by atoms with Crippen LogP contribution in [-0.4, -0.2) is 21.2 Å². The van der Waals surface area contributed by atoms with Crippen LogP contribution >= 0.6 is 11.6 Å². The van der Waals surface area contributed by atoms with E-state index in [0.29, 0.717) is 16.8 Å². The smallest absolute Gasteiger partial charge is 0.308 e. The average Bonchev–Trinajstić information content (AvgIpc) is 2.47. The fourth-order valence-corrected chi connectivity index (χ4v) is 1.26. The third kappa shape index (κ3) is 1.54. The fraction of sp³-hybridized carbons (Fsp3) is 0.125. The predicted octanol–water partition coefficient (Wildman–Crippen LogP) is 1.54. The van der Waals surface area contributed by atoms with Crippen molar-refractivity contribution < 1.29 is 9.53 Å². The summed E-state index contributed by atoms with van der Waals surface area (Å²) in [6.45, 7) is 1.33. The lowest BCUT2D eigenvalue weighted by Crippen LogP contribution is -2.00. The van der Waals surface area contributed by atoms with Crippen molar-refractivity contribution in [3.05, 3.63) is 17.4 Å². The van der Waals surface area contributed by atoms with Crippen molar-refractivity contribution in [3.8, 4) is 5.75 Å². The van der Waals surface area contributed by atoms with Crippen LogP contribution in [0.25, 0.3) is 11.0 Å². The van der Waals surface area contributed by atoms with Crippen LogP contribution in [-0.2, 0) is 4.79 Å². The van der Waals surface area contributed by atoms with Gasteiger partial charge in [-0.15, -0.1) is 10.2 Å². The van der Waals surface area contributed by atoms with E-state index in [1.807, 2.05) is 0 Å². The molecule has 2 heterocycles. The fourth-order valence-electron chi connectivity index (χ4n) is 1.11. The quantitative estimate of drug-likeness (QED) is 0.727. The zero-order valence-electron chi connectivity index (χ0n) is 7.24. The lowest BCUT2D eigenvalue weighted by molar-refractivity contribution is -0.131. The standard InChI is InChI=1S/C8H6ClN3O2/c1-4(13)14-6-3-10-8-5(6)2-7(9)11-12-8/h2-3H,1H3,(H,10,12). The van der Waals surface area contributed by atoms with E-state index in [1.54, 1.807) is 6.07 Å². The molecule has 0 saturated heterocycles. The summed E-state index contributed by atoms with van der Waals surface area (Å²) >= 11 is 5.66. The van der Waals surface area contributed by atoms with Crippen LogP contribution in [0.5, 0.6) is 5.75 Å². The van der Waals surface area contributed by atoms with Gasteiger partial charge in [0.2, 0.25) is 0 Å². The van der Waals surface area contributed by atoms with Crippen molar-refractivity contribution in [3.63, 3.8) is 0 Å². The van der Waals surface area contributed by atoms with Gasteiger partial charge >= 0.3 is 5.97 Å². The van der Waals surface area contributed by atoms with Gasteiger partial charge in [0.25, 0.3) is 0 Å². The van der Waals surface area contributed by atoms with E-state index in [4.69, 9.17) is 16.3 Å². The Morgan fingerprint density at radius 2 is 2.36 bits per heavy atom. The predicted molar refractivity (Wildman–Crippen MR) is 50.2 cm³/mol. The van der Waals surface area contributed by atoms with E-state index in [9.17, 15) is 4.79 Å². The van der Waals surface area contributed by atoms with Crippen LogP contribution in [0.1, 0.15) is 6.92 Å². The number of halogens is 1. The summed E-state index contributed by atoms with van der Waals surface area (Å²) in [6.07, 6.45) is 1.54. The first-order valence-electron chi connectivity index (χ1n) is 3.85. The highest BCUT2D eigenvalue weighted by Crippen LogP contribution is 2.25. The van der Waals surface area contributed by atoms with Gasteiger partial charge in [0.05, 0.1) is 5.39 Å². The molecule has 14 heavy (non-hydrogen) atoms. The maximum absolute atomic E-state index is 10.7. The number of nitrogens with one attached hydrogen (secondary N) is 1. The Morgan fingerprint density at radius 1 is 1.57 bits per heavy atom. The molecule has 0 aliphatic rings. The Kier molecular flexibility index (Phi) is 2.09. The van der Waals surface area contributed by atoms with Crippen LogP contribution in [0.15, 0.2) is 12.3 Å². The summed E-state index contributed by atoms with van der Waals surface area (Å²) in [4.78, 5) is 13.5. The maximum Gasteiger partial charge on any atom is 0.308 e. The highest BCUT2D eigenvalue weighted by atomic mass is 35.5. The zero-order chi connectivity index (χ0) is 10.1. The first-order chi connectivity index (χ1) is 6.66. The number of rotatable bonds is 1. The Balaban J connectivity index is 2.55. The number of aromatic amines is 1. The van der Waals surface area contributed by atoms with E-state index in [-0.39, 0.29) is 11.1 Å². The Labute approximate surface area is 84.0 Å². The lowest BCUT2D eigenvalue weighted by Gasteiger charge is -1.96. The second-order valence-corrected chi connectivity index (χ2v) is 3.06. The summed E-state index contributed by atoms with van der Waals surface area (Å²) in [6, 6.07) is 1.58. The number of carbonyl (C=O) groups is 1. The molecular weight excluding hydrogens is 206 g/mol. The molecule has 0 saturated carbocycles. The highest BCUT2D eigenvalue weighted by molar-refractivity contribution is 6.29. The molecule has 2 aromatic heterocycles. The number of ether oxygens (including phenoxy) is 1. The third-order valence-electron chi connectivity index (χ3n) is 1.62. The van der Waals surface area contributed by atoms with Crippen molar-refractivity contribution >= 4 is 28.6 Å². The second-order valence-electron chi connectivity index (χ2n) is 2.68. The van der Waals surface area contributed by atoms with Gasteiger partial charge in [0.1, 0.15) is 0 Å². The molecule has 0 amide bonds. The topological polar surface area (TPSA) is 67.9 Å². The van der Waals surface area contributed by atoms with Gasteiger partial charge in [-0.1, -0.05) is 11.6 Å². The monoisotopic (exact) mass is 211 g/mol. The number of hydrogen-bond donors (Lipinski definition) is 1. The van der Waals surface area contributed by atoms with Gasteiger partial charge in [-0.05, 0) is 6.07 Å². The van der Waals surface area contributed by atoms with Gasteiger partial charge < -0.3 is 9.72 Å². The first-order valence-corrected chi connectivity index (χ1v) is 4.23. The van der Waals surface area contributed by atoms with Gasteiger partial charge in [0.15, 0.2) is 16.5 Å². The molecule has 2 rings (SSSR count). The van der Waals surface area contributed by atoms with Crippen molar-refractivity contribution in [2.45, 2.75) is 6.92 Å². The molecule has 6 heteroatoms. The number of fused-ring (bicyclic) bond motifs is 1. The molecule has 0 aromatic carbocycles. The van der Waals surface area contributed by atoms with E-state index in [2.05, 4.69) is 15.2 Å². The third-order valence-corrected chi connectivity index (χ3v) is 1.81. The number of aromatic nitrogens is 3. The van der Waals surface area contributed by atoms with Crippen molar-refractivity contribution in [1.82, 2.24) is 15.2 Å². The van der Waals surface area contributed by atoms with Gasteiger partial charge in [-0.2, -0.15) is 0 Å². The largest absolute Gasteiger partial charge is 0.424 e. The van der Waals surface area contributed by atoms with Crippen LogP contribution in [0.4, 0.5) is 0 Å². The number of nitrogens with zero attached hydrogens (tertiary/aromatic N) is 2. The molecule has 0 atom stereocenters. The highest BCUT2D eigenvalue weighted by Gasteiger charge is 2.08.